The summed E-state index contributed by atoms with van der Waals surface area (Å²) in [6.07, 6.45) is 4.10. The van der Waals surface area contributed by atoms with Crippen molar-refractivity contribution in [2.24, 2.45) is 0 Å². The van der Waals surface area contributed by atoms with E-state index in [4.69, 9.17) is 0 Å². The fourth-order valence-corrected chi connectivity index (χ4v) is 3.52. The van der Waals surface area contributed by atoms with Gasteiger partial charge in [-0.15, -0.1) is 0 Å². The van der Waals surface area contributed by atoms with Crippen molar-refractivity contribution >= 4 is 23.3 Å². The van der Waals surface area contributed by atoms with E-state index in [1.807, 2.05) is 24.3 Å². The number of urea groups is 1. The molecule has 6 heteroatoms. The molecule has 3 rings (SSSR count). The topological polar surface area (TPSA) is 64.7 Å². The number of amides is 3. The zero-order valence-corrected chi connectivity index (χ0v) is 14.3. The van der Waals surface area contributed by atoms with Gasteiger partial charge in [-0.3, -0.25) is 14.6 Å². The molecule has 2 aliphatic rings. The molecule has 2 aliphatic heterocycles. The lowest BCUT2D eigenvalue weighted by Crippen LogP contribution is -2.47. The summed E-state index contributed by atoms with van der Waals surface area (Å²) in [4.78, 5) is 28.6. The average Bonchev–Trinajstić information content (AvgIpc) is 2.62. The van der Waals surface area contributed by atoms with Crippen LogP contribution in [0.4, 0.5) is 16.2 Å². The first-order chi connectivity index (χ1) is 11.7. The first kappa shape index (κ1) is 16.8. The van der Waals surface area contributed by atoms with Crippen LogP contribution in [0.5, 0.6) is 0 Å². The van der Waals surface area contributed by atoms with Crippen molar-refractivity contribution in [3.63, 3.8) is 0 Å². The predicted octanol–water partition coefficient (Wildman–Crippen LogP) is 2.42. The van der Waals surface area contributed by atoms with E-state index >= 15 is 0 Å². The second-order valence-corrected chi connectivity index (χ2v) is 6.42. The second kappa shape index (κ2) is 7.66. The molecule has 1 aromatic rings. The summed E-state index contributed by atoms with van der Waals surface area (Å²) in [5, 5.41) is 5.88. The Morgan fingerprint density at radius 1 is 1.29 bits per heavy atom. The molecule has 2 fully saturated rings. The second-order valence-electron chi connectivity index (χ2n) is 6.42. The molecule has 1 unspecified atom stereocenters. The highest BCUT2D eigenvalue weighted by atomic mass is 16.2. The summed E-state index contributed by atoms with van der Waals surface area (Å²) in [7, 11) is 0. The van der Waals surface area contributed by atoms with E-state index in [9.17, 15) is 9.59 Å². The maximum atomic E-state index is 12.6. The minimum atomic E-state index is -0.0748. The Kier molecular flexibility index (Phi) is 5.35. The van der Waals surface area contributed by atoms with Gasteiger partial charge in [-0.1, -0.05) is 19.4 Å². The fraction of sp³-hybridized carbons (Fsp3) is 0.556. The lowest BCUT2D eigenvalue weighted by atomic mass is 10.0. The van der Waals surface area contributed by atoms with Gasteiger partial charge in [0.15, 0.2) is 0 Å². The molecule has 3 amide bonds. The minimum Gasteiger partial charge on any atom is -0.338 e. The molecule has 2 heterocycles. The van der Waals surface area contributed by atoms with E-state index in [2.05, 4.69) is 22.5 Å². The van der Waals surface area contributed by atoms with Crippen LogP contribution in [0.25, 0.3) is 0 Å². The monoisotopic (exact) mass is 330 g/mol. The molecule has 0 bridgehead atoms. The average molecular weight is 330 g/mol. The van der Waals surface area contributed by atoms with E-state index in [-0.39, 0.29) is 18.0 Å². The Balaban J connectivity index is 1.70. The number of benzene rings is 1. The van der Waals surface area contributed by atoms with Gasteiger partial charge >= 0.3 is 6.03 Å². The third kappa shape index (κ3) is 3.70. The van der Waals surface area contributed by atoms with Gasteiger partial charge in [-0.05, 0) is 50.6 Å². The van der Waals surface area contributed by atoms with Gasteiger partial charge in [-0.2, -0.15) is 0 Å². The lowest BCUT2D eigenvalue weighted by Gasteiger charge is -2.33. The van der Waals surface area contributed by atoms with Gasteiger partial charge in [0.1, 0.15) is 0 Å². The highest BCUT2D eigenvalue weighted by Crippen LogP contribution is 2.23. The van der Waals surface area contributed by atoms with E-state index in [1.54, 1.807) is 4.90 Å². The van der Waals surface area contributed by atoms with Crippen LogP contribution < -0.4 is 15.5 Å². The molecular weight excluding hydrogens is 304 g/mol. The van der Waals surface area contributed by atoms with Crippen molar-refractivity contribution in [2.75, 3.05) is 36.4 Å². The van der Waals surface area contributed by atoms with Crippen LogP contribution in [0, 0.1) is 0 Å². The predicted molar refractivity (Wildman–Crippen MR) is 95.3 cm³/mol. The summed E-state index contributed by atoms with van der Waals surface area (Å²) in [6.45, 7) is 5.41. The van der Waals surface area contributed by atoms with Gasteiger partial charge in [0.2, 0.25) is 5.91 Å². The van der Waals surface area contributed by atoms with Gasteiger partial charge in [0.25, 0.3) is 0 Å². The smallest absolute Gasteiger partial charge is 0.321 e. The molecule has 1 atom stereocenters. The van der Waals surface area contributed by atoms with E-state index in [1.165, 1.54) is 0 Å². The number of hydrogen-bond donors (Lipinski definition) is 2. The van der Waals surface area contributed by atoms with Gasteiger partial charge in [0.05, 0.1) is 6.04 Å². The van der Waals surface area contributed by atoms with Crippen molar-refractivity contribution in [1.29, 1.82) is 0 Å². The molecule has 1 aromatic carbocycles. The van der Waals surface area contributed by atoms with Crippen LogP contribution in [0.1, 0.15) is 32.6 Å². The zero-order valence-electron chi connectivity index (χ0n) is 14.3. The quantitative estimate of drug-likeness (QED) is 0.891. The maximum Gasteiger partial charge on any atom is 0.321 e. The number of hydrogen-bond acceptors (Lipinski definition) is 3. The maximum absolute atomic E-state index is 12.6. The van der Waals surface area contributed by atoms with Crippen LogP contribution in [-0.4, -0.2) is 49.1 Å². The van der Waals surface area contributed by atoms with Crippen LogP contribution in [0.15, 0.2) is 24.3 Å². The number of likely N-dealkylation sites (N-methyl/N-ethyl adjacent to an activating group) is 1. The number of carbonyl (C=O) groups excluding carboxylic acids is 2. The standard InChI is InChI=1S/C18H26N4O2/c1-2-21-11-4-3-9-16(21)17(23)20-14-7-5-8-15(13-14)22-12-6-10-19-18(22)24/h5,7-8,13,16H,2-4,6,9-12H2,1H3,(H,19,24)(H,20,23). The van der Waals surface area contributed by atoms with Gasteiger partial charge < -0.3 is 10.6 Å². The molecule has 0 spiro atoms. The Labute approximate surface area is 143 Å². The Morgan fingerprint density at radius 3 is 2.96 bits per heavy atom. The molecule has 0 aliphatic carbocycles. The van der Waals surface area contributed by atoms with Crippen molar-refractivity contribution in [3.8, 4) is 0 Å². The third-order valence-corrected chi connectivity index (χ3v) is 4.83. The molecule has 2 N–H and O–H groups in total. The summed E-state index contributed by atoms with van der Waals surface area (Å²) in [6, 6.07) is 7.41. The van der Waals surface area contributed by atoms with Crippen molar-refractivity contribution in [1.82, 2.24) is 10.2 Å². The Hall–Kier alpha value is -2.08. The normalized spacial score (nSPS) is 22.1. The van der Waals surface area contributed by atoms with Crippen molar-refractivity contribution in [3.05, 3.63) is 24.3 Å². The first-order valence-corrected chi connectivity index (χ1v) is 8.89. The molecule has 24 heavy (non-hydrogen) atoms. The van der Waals surface area contributed by atoms with Crippen LogP contribution >= 0.6 is 0 Å². The molecule has 0 aromatic heterocycles. The molecule has 6 nitrogen and oxygen atoms in total. The number of likely N-dealkylation sites (tertiary alicyclic amines) is 1. The minimum absolute atomic E-state index is 0.0503. The number of piperidine rings is 1. The van der Waals surface area contributed by atoms with Crippen molar-refractivity contribution in [2.45, 2.75) is 38.6 Å². The van der Waals surface area contributed by atoms with Crippen molar-refractivity contribution < 1.29 is 9.59 Å². The lowest BCUT2D eigenvalue weighted by molar-refractivity contribution is -0.122. The third-order valence-electron chi connectivity index (χ3n) is 4.83. The summed E-state index contributed by atoms with van der Waals surface area (Å²) in [5.74, 6) is 0.0526. The highest BCUT2D eigenvalue weighted by Gasteiger charge is 2.27. The SMILES string of the molecule is CCN1CCCCC1C(=O)Nc1cccc(N2CCCNC2=O)c1. The van der Waals surface area contributed by atoms with E-state index in [0.29, 0.717) is 6.54 Å². The Bertz CT molecular complexity index is 604. The largest absolute Gasteiger partial charge is 0.338 e. The molecule has 130 valence electrons. The highest BCUT2D eigenvalue weighted by molar-refractivity contribution is 5.97. The number of nitrogens with one attached hydrogen (secondary N) is 2. The fourth-order valence-electron chi connectivity index (χ4n) is 3.52. The summed E-state index contributed by atoms with van der Waals surface area (Å²) < 4.78 is 0. The van der Waals surface area contributed by atoms with E-state index in [0.717, 1.165) is 56.7 Å². The number of anilines is 2. The number of rotatable bonds is 4. The molecule has 0 radical (unpaired) electrons. The van der Waals surface area contributed by atoms with E-state index < -0.39 is 0 Å². The van der Waals surface area contributed by atoms with Crippen LogP contribution in [-0.2, 0) is 4.79 Å². The molecule has 0 saturated carbocycles. The first-order valence-electron chi connectivity index (χ1n) is 8.89. The van der Waals surface area contributed by atoms with Gasteiger partial charge in [-0.25, -0.2) is 4.79 Å². The zero-order chi connectivity index (χ0) is 16.9. The Morgan fingerprint density at radius 2 is 2.17 bits per heavy atom. The molecule has 2 saturated heterocycles. The molecular formula is C18H26N4O2. The number of carbonyl (C=O) groups is 2. The van der Waals surface area contributed by atoms with Crippen LogP contribution in [0.2, 0.25) is 0 Å². The van der Waals surface area contributed by atoms with Crippen LogP contribution in [0.3, 0.4) is 0 Å². The number of nitrogens with zero attached hydrogens (tertiary/aromatic N) is 2. The summed E-state index contributed by atoms with van der Waals surface area (Å²) >= 11 is 0. The summed E-state index contributed by atoms with van der Waals surface area (Å²) in [5.41, 5.74) is 1.57. The van der Waals surface area contributed by atoms with Gasteiger partial charge in [0, 0.05) is 24.5 Å².